The molecule has 5 nitrogen and oxygen atoms in total. The van der Waals surface area contributed by atoms with E-state index in [-0.39, 0.29) is 23.6 Å². The molecule has 1 saturated carbocycles. The van der Waals surface area contributed by atoms with Gasteiger partial charge in [0.2, 0.25) is 0 Å². The molecule has 6 rings (SSSR count). The average Bonchev–Trinajstić information content (AvgIpc) is 3.23. The number of nitrogens with zero attached hydrogens (tertiary/aromatic N) is 4. The van der Waals surface area contributed by atoms with Gasteiger partial charge in [-0.25, -0.2) is 9.07 Å². The number of pyridine rings is 1. The molecule has 36 heavy (non-hydrogen) atoms. The summed E-state index contributed by atoms with van der Waals surface area (Å²) in [5.74, 6) is -0.00214. The fourth-order valence-electron chi connectivity index (χ4n) is 6.72. The summed E-state index contributed by atoms with van der Waals surface area (Å²) in [7, 11) is 0. The summed E-state index contributed by atoms with van der Waals surface area (Å²) in [4.78, 5) is 4.69. The largest absolute Gasteiger partial charge is 0.389 e. The molecule has 0 aliphatic heterocycles. The molecule has 0 spiro atoms. The predicted octanol–water partition coefficient (Wildman–Crippen LogP) is 5.82. The second-order valence-electron chi connectivity index (χ2n) is 10.6. The van der Waals surface area contributed by atoms with Gasteiger partial charge < -0.3 is 5.11 Å². The number of fused-ring (bicyclic) bond motifs is 4. The van der Waals surface area contributed by atoms with Crippen molar-refractivity contribution in [3.05, 3.63) is 89.6 Å². The smallest absolute Gasteiger partial charge is 0.123 e. The number of halogens is 1. The van der Waals surface area contributed by atoms with E-state index < -0.39 is 5.60 Å². The summed E-state index contributed by atoms with van der Waals surface area (Å²) in [6.45, 7) is 0. The van der Waals surface area contributed by atoms with Crippen LogP contribution in [0.2, 0.25) is 0 Å². The predicted molar refractivity (Wildman–Crippen MR) is 136 cm³/mol. The number of aliphatic hydroxyl groups is 1. The van der Waals surface area contributed by atoms with E-state index in [2.05, 4.69) is 34.4 Å². The van der Waals surface area contributed by atoms with Crippen LogP contribution in [0, 0.1) is 23.1 Å². The molecule has 2 aromatic heterocycles. The molecule has 0 radical (unpaired) electrons. The van der Waals surface area contributed by atoms with E-state index in [9.17, 15) is 14.8 Å². The molecular weight excluding hydrogens is 451 g/mol. The Balaban J connectivity index is 1.50. The van der Waals surface area contributed by atoms with Crippen molar-refractivity contribution in [3.63, 3.8) is 0 Å². The van der Waals surface area contributed by atoms with Gasteiger partial charge >= 0.3 is 0 Å². The van der Waals surface area contributed by atoms with E-state index in [0.717, 1.165) is 54.4 Å². The molecule has 4 aromatic rings. The van der Waals surface area contributed by atoms with Crippen molar-refractivity contribution in [2.75, 3.05) is 0 Å². The van der Waals surface area contributed by atoms with Crippen molar-refractivity contribution in [2.24, 2.45) is 5.92 Å². The van der Waals surface area contributed by atoms with Crippen LogP contribution >= 0.6 is 0 Å². The van der Waals surface area contributed by atoms with Gasteiger partial charge in [-0.05, 0) is 111 Å². The van der Waals surface area contributed by atoms with E-state index in [1.54, 1.807) is 12.1 Å². The fourth-order valence-corrected chi connectivity index (χ4v) is 6.72. The maximum atomic E-state index is 13.5. The van der Waals surface area contributed by atoms with Gasteiger partial charge in [-0.2, -0.15) is 10.4 Å². The molecular formula is C30H29FN4O. The number of hydrogen-bond acceptors (Lipinski definition) is 4. The van der Waals surface area contributed by atoms with Crippen LogP contribution in [-0.4, -0.2) is 25.5 Å². The third-order valence-corrected chi connectivity index (χ3v) is 8.47. The fraction of sp³-hybridized carbons (Fsp3) is 0.367. The Labute approximate surface area is 210 Å². The Hall–Kier alpha value is -3.56. The lowest BCUT2D eigenvalue weighted by Crippen LogP contribution is -2.49. The van der Waals surface area contributed by atoms with Crippen LogP contribution in [0.1, 0.15) is 55.3 Å². The van der Waals surface area contributed by atoms with Crippen molar-refractivity contribution >= 4 is 10.9 Å². The van der Waals surface area contributed by atoms with Crippen LogP contribution in [0.5, 0.6) is 0 Å². The second kappa shape index (κ2) is 8.83. The van der Waals surface area contributed by atoms with Gasteiger partial charge in [0.1, 0.15) is 5.82 Å². The van der Waals surface area contributed by atoms with Gasteiger partial charge in [0.15, 0.2) is 0 Å². The van der Waals surface area contributed by atoms with Crippen molar-refractivity contribution in [3.8, 4) is 11.8 Å². The summed E-state index contributed by atoms with van der Waals surface area (Å²) >= 11 is 0. The minimum atomic E-state index is -0.922. The van der Waals surface area contributed by atoms with Crippen molar-refractivity contribution < 1.29 is 9.50 Å². The lowest BCUT2D eigenvalue weighted by molar-refractivity contribution is -0.0439. The van der Waals surface area contributed by atoms with Crippen molar-refractivity contribution in [1.82, 2.24) is 14.8 Å². The monoisotopic (exact) mass is 480 g/mol. The SMILES string of the molecule is N#CC[C@@]1(O)CC[C@@]2(Cc3ccccn3)c3cc4cnn(-c5ccc(F)cc5)c4cc3CCC[C@@H]2C1. The minimum absolute atomic E-state index is 0.159. The molecule has 3 atom stereocenters. The number of nitriles is 1. The first-order valence-electron chi connectivity index (χ1n) is 12.8. The first-order valence-corrected chi connectivity index (χ1v) is 12.8. The molecule has 0 unspecified atom stereocenters. The standard InChI is InChI=1S/C30H29FN4O/c31-24-7-9-26(10-8-24)35-28-17-21-4-3-5-23-18-29(36,13-14-32)11-12-30(23,19-25-6-1-2-15-33-25)27(21)16-22(28)20-34-35/h1-2,6-10,15-17,20,23,36H,3-5,11-13,18-19H2/t23-,29+,30+/m1/s1. The third kappa shape index (κ3) is 3.88. The Morgan fingerprint density at radius 3 is 2.78 bits per heavy atom. The molecule has 0 saturated heterocycles. The normalized spacial score (nSPS) is 25.5. The quantitative estimate of drug-likeness (QED) is 0.399. The molecule has 0 amide bonds. The van der Waals surface area contributed by atoms with Gasteiger partial charge in [0.05, 0.1) is 35.5 Å². The van der Waals surface area contributed by atoms with Gasteiger partial charge in [-0.1, -0.05) is 6.07 Å². The molecule has 182 valence electrons. The minimum Gasteiger partial charge on any atom is -0.389 e. The molecule has 2 aliphatic carbocycles. The zero-order valence-corrected chi connectivity index (χ0v) is 20.2. The zero-order chi connectivity index (χ0) is 24.8. The number of hydrogen-bond donors (Lipinski definition) is 1. The molecule has 1 fully saturated rings. The molecule has 2 aliphatic rings. The van der Waals surface area contributed by atoms with E-state index in [1.807, 2.05) is 29.2 Å². The molecule has 2 aromatic carbocycles. The summed E-state index contributed by atoms with van der Waals surface area (Å²) in [6.07, 6.45) is 9.79. The number of rotatable bonds is 4. The lowest BCUT2D eigenvalue weighted by atomic mass is 9.56. The first kappa shape index (κ1) is 22.9. The highest BCUT2D eigenvalue weighted by Gasteiger charge is 2.51. The van der Waals surface area contributed by atoms with E-state index in [1.165, 1.54) is 23.3 Å². The van der Waals surface area contributed by atoms with Crippen LogP contribution in [0.3, 0.4) is 0 Å². The highest BCUT2D eigenvalue weighted by molar-refractivity contribution is 5.82. The lowest BCUT2D eigenvalue weighted by Gasteiger charge is -2.50. The van der Waals surface area contributed by atoms with Crippen LogP contribution in [-0.2, 0) is 18.3 Å². The van der Waals surface area contributed by atoms with Gasteiger partial charge in [-0.3, -0.25) is 4.98 Å². The maximum absolute atomic E-state index is 13.5. The van der Waals surface area contributed by atoms with Crippen LogP contribution < -0.4 is 0 Å². The summed E-state index contributed by atoms with van der Waals surface area (Å²) in [5, 5.41) is 26.4. The Kier molecular flexibility index (Phi) is 5.61. The Morgan fingerprint density at radius 2 is 2.00 bits per heavy atom. The Bertz CT molecular complexity index is 1440. The van der Waals surface area contributed by atoms with Gasteiger partial charge in [0, 0.05) is 22.7 Å². The number of benzene rings is 2. The van der Waals surface area contributed by atoms with E-state index in [4.69, 9.17) is 0 Å². The number of aryl methyl sites for hydroxylation is 1. The van der Waals surface area contributed by atoms with Crippen LogP contribution in [0.15, 0.2) is 67.0 Å². The topological polar surface area (TPSA) is 74.7 Å². The molecule has 6 heteroatoms. The molecule has 1 N–H and O–H groups in total. The summed E-state index contributed by atoms with van der Waals surface area (Å²) in [6, 6.07) is 19.3. The summed E-state index contributed by atoms with van der Waals surface area (Å²) < 4.78 is 15.4. The van der Waals surface area contributed by atoms with Gasteiger partial charge in [0.25, 0.3) is 0 Å². The van der Waals surface area contributed by atoms with E-state index >= 15 is 0 Å². The summed E-state index contributed by atoms with van der Waals surface area (Å²) in [5.41, 5.74) is 4.48. The highest BCUT2D eigenvalue weighted by atomic mass is 19.1. The second-order valence-corrected chi connectivity index (χ2v) is 10.6. The van der Waals surface area contributed by atoms with Gasteiger partial charge in [-0.15, -0.1) is 0 Å². The van der Waals surface area contributed by atoms with Crippen molar-refractivity contribution in [2.45, 2.75) is 62.4 Å². The first-order chi connectivity index (χ1) is 17.5. The number of aromatic nitrogens is 3. The average molecular weight is 481 g/mol. The zero-order valence-electron chi connectivity index (χ0n) is 20.2. The molecule has 0 bridgehead atoms. The highest BCUT2D eigenvalue weighted by Crippen LogP contribution is 2.54. The van der Waals surface area contributed by atoms with Crippen LogP contribution in [0.25, 0.3) is 16.6 Å². The Morgan fingerprint density at radius 1 is 1.14 bits per heavy atom. The maximum Gasteiger partial charge on any atom is 0.123 e. The molecule has 2 heterocycles. The van der Waals surface area contributed by atoms with E-state index in [0.29, 0.717) is 12.8 Å². The third-order valence-electron chi connectivity index (χ3n) is 8.47. The van der Waals surface area contributed by atoms with Crippen molar-refractivity contribution in [1.29, 1.82) is 5.26 Å². The van der Waals surface area contributed by atoms with Crippen LogP contribution in [0.4, 0.5) is 4.39 Å².